The van der Waals surface area contributed by atoms with Gasteiger partial charge in [-0.3, -0.25) is 4.18 Å². The van der Waals surface area contributed by atoms with Crippen molar-refractivity contribution in [3.63, 3.8) is 0 Å². The Hall–Kier alpha value is -2.44. The molecule has 0 unspecified atom stereocenters. The first-order chi connectivity index (χ1) is 11.5. The molecule has 3 aromatic rings. The van der Waals surface area contributed by atoms with Gasteiger partial charge < -0.3 is 4.42 Å². The quantitative estimate of drug-likeness (QED) is 0.640. The number of nitrogens with zero attached hydrogens (tertiary/aromatic N) is 1. The summed E-state index contributed by atoms with van der Waals surface area (Å²) in [5.74, 6) is 0.506. The zero-order valence-corrected chi connectivity index (χ0v) is 14.0. The van der Waals surface area contributed by atoms with Gasteiger partial charge in [-0.1, -0.05) is 35.9 Å². The third kappa shape index (κ3) is 3.90. The van der Waals surface area contributed by atoms with Gasteiger partial charge in [0, 0.05) is 12.0 Å². The van der Waals surface area contributed by atoms with Crippen molar-refractivity contribution < 1.29 is 17.0 Å². The Bertz CT molecular complexity index is 900. The van der Waals surface area contributed by atoms with Crippen LogP contribution >= 0.6 is 0 Å². The van der Waals surface area contributed by atoms with E-state index in [1.54, 1.807) is 12.1 Å². The molecule has 0 aliphatic carbocycles. The average molecular weight is 343 g/mol. The van der Waals surface area contributed by atoms with Crippen molar-refractivity contribution in [2.24, 2.45) is 0 Å². The summed E-state index contributed by atoms with van der Waals surface area (Å²) in [6, 6.07) is 16.1. The second-order valence-electron chi connectivity index (χ2n) is 5.35. The minimum absolute atomic E-state index is 0.0109. The van der Waals surface area contributed by atoms with Crippen LogP contribution in [0, 0.1) is 6.92 Å². The molecule has 0 fully saturated rings. The lowest BCUT2D eigenvalue weighted by Crippen LogP contribution is -2.09. The van der Waals surface area contributed by atoms with E-state index in [-0.39, 0.29) is 11.5 Å². The Kier molecular flexibility index (Phi) is 4.78. The van der Waals surface area contributed by atoms with Crippen LogP contribution in [0.1, 0.15) is 11.3 Å². The van der Waals surface area contributed by atoms with Crippen LogP contribution in [0.3, 0.4) is 0 Å². The lowest BCUT2D eigenvalue weighted by Gasteiger charge is -2.04. The Labute approximate surface area is 141 Å². The number of aryl methyl sites for hydroxylation is 1. The zero-order chi connectivity index (χ0) is 17.0. The van der Waals surface area contributed by atoms with Gasteiger partial charge in [-0.15, -0.1) is 0 Å². The van der Waals surface area contributed by atoms with E-state index in [0.717, 1.165) is 11.1 Å². The molecule has 2 aromatic carbocycles. The van der Waals surface area contributed by atoms with Gasteiger partial charge in [0.25, 0.3) is 10.1 Å². The van der Waals surface area contributed by atoms with E-state index in [1.807, 2.05) is 37.3 Å². The number of hydrogen-bond acceptors (Lipinski definition) is 5. The molecular formula is C18H17NO4S. The van der Waals surface area contributed by atoms with Crippen LogP contribution in [0.15, 0.2) is 70.2 Å². The summed E-state index contributed by atoms with van der Waals surface area (Å²) in [6.07, 6.45) is 1.87. The lowest BCUT2D eigenvalue weighted by molar-refractivity contribution is 0.320. The van der Waals surface area contributed by atoms with Crippen molar-refractivity contribution in [2.45, 2.75) is 18.2 Å². The minimum atomic E-state index is -3.75. The molecule has 0 saturated carbocycles. The van der Waals surface area contributed by atoms with Crippen molar-refractivity contribution in [3.8, 4) is 11.5 Å². The molecule has 0 amide bonds. The average Bonchev–Trinajstić information content (AvgIpc) is 3.05. The van der Waals surface area contributed by atoms with E-state index >= 15 is 0 Å². The molecule has 0 spiro atoms. The van der Waals surface area contributed by atoms with E-state index in [4.69, 9.17) is 8.60 Å². The summed E-state index contributed by atoms with van der Waals surface area (Å²) in [4.78, 5) is 4.49. The van der Waals surface area contributed by atoms with E-state index < -0.39 is 10.1 Å². The second kappa shape index (κ2) is 6.98. The van der Waals surface area contributed by atoms with Gasteiger partial charge >= 0.3 is 0 Å². The van der Waals surface area contributed by atoms with Crippen LogP contribution in [0.4, 0.5) is 0 Å². The standard InChI is InChI=1S/C18H17NO4S/c1-14-7-9-17(10-8-14)24(20,21)23-12-11-16-13-22-18(19-16)15-5-3-2-4-6-15/h2-10,13H,11-12H2,1H3. The summed E-state index contributed by atoms with van der Waals surface area (Å²) in [5.41, 5.74) is 2.51. The number of aromatic nitrogens is 1. The Morgan fingerprint density at radius 2 is 1.75 bits per heavy atom. The third-order valence-corrected chi connectivity index (χ3v) is 4.81. The Morgan fingerprint density at radius 1 is 1.04 bits per heavy atom. The predicted molar refractivity (Wildman–Crippen MR) is 90.0 cm³/mol. The molecular weight excluding hydrogens is 326 g/mol. The number of hydrogen-bond donors (Lipinski definition) is 0. The highest BCUT2D eigenvalue weighted by molar-refractivity contribution is 7.86. The van der Waals surface area contributed by atoms with Crippen LogP contribution in [0.5, 0.6) is 0 Å². The summed E-state index contributed by atoms with van der Waals surface area (Å²) >= 11 is 0. The van der Waals surface area contributed by atoms with Crippen molar-refractivity contribution in [2.75, 3.05) is 6.61 Å². The Balaban J connectivity index is 1.60. The van der Waals surface area contributed by atoms with Gasteiger partial charge in [-0.25, -0.2) is 4.98 Å². The van der Waals surface area contributed by atoms with E-state index in [2.05, 4.69) is 4.98 Å². The summed E-state index contributed by atoms with van der Waals surface area (Å²) in [7, 11) is -3.75. The van der Waals surface area contributed by atoms with Crippen LogP contribution < -0.4 is 0 Å². The molecule has 0 atom stereocenters. The van der Waals surface area contributed by atoms with Crippen molar-refractivity contribution in [3.05, 3.63) is 72.1 Å². The molecule has 5 nitrogen and oxygen atoms in total. The van der Waals surface area contributed by atoms with Gasteiger partial charge in [-0.05, 0) is 31.2 Å². The molecule has 0 aliphatic heterocycles. The van der Waals surface area contributed by atoms with Gasteiger partial charge in [0.1, 0.15) is 6.26 Å². The first kappa shape index (κ1) is 16.4. The molecule has 0 aliphatic rings. The fourth-order valence-corrected chi connectivity index (χ4v) is 3.07. The molecule has 24 heavy (non-hydrogen) atoms. The summed E-state index contributed by atoms with van der Waals surface area (Å²) < 4.78 is 34.7. The predicted octanol–water partition coefficient (Wildman–Crippen LogP) is 3.60. The number of oxazole rings is 1. The maximum absolute atomic E-state index is 12.1. The second-order valence-corrected chi connectivity index (χ2v) is 6.96. The van der Waals surface area contributed by atoms with Crippen LogP contribution in [0.2, 0.25) is 0 Å². The molecule has 124 valence electrons. The molecule has 3 rings (SSSR count). The molecule has 0 saturated heterocycles. The SMILES string of the molecule is Cc1ccc(S(=O)(=O)OCCc2coc(-c3ccccc3)n2)cc1. The van der Waals surface area contributed by atoms with Crippen LogP contribution in [0.25, 0.3) is 11.5 Å². The topological polar surface area (TPSA) is 69.4 Å². The zero-order valence-electron chi connectivity index (χ0n) is 13.2. The minimum Gasteiger partial charge on any atom is -0.444 e. The number of benzene rings is 2. The molecule has 1 aromatic heterocycles. The fourth-order valence-electron chi connectivity index (χ4n) is 2.16. The highest BCUT2D eigenvalue weighted by Crippen LogP contribution is 2.19. The van der Waals surface area contributed by atoms with Crippen LogP contribution in [-0.2, 0) is 20.7 Å². The summed E-state index contributed by atoms with van der Waals surface area (Å²) in [5, 5.41) is 0. The van der Waals surface area contributed by atoms with E-state index in [9.17, 15) is 8.42 Å². The Morgan fingerprint density at radius 3 is 2.46 bits per heavy atom. The smallest absolute Gasteiger partial charge is 0.296 e. The molecule has 6 heteroatoms. The van der Waals surface area contributed by atoms with Gasteiger partial charge in [0.05, 0.1) is 17.2 Å². The maximum Gasteiger partial charge on any atom is 0.296 e. The highest BCUT2D eigenvalue weighted by Gasteiger charge is 2.15. The maximum atomic E-state index is 12.1. The van der Waals surface area contributed by atoms with Gasteiger partial charge in [-0.2, -0.15) is 8.42 Å². The molecule has 0 radical (unpaired) electrons. The van der Waals surface area contributed by atoms with Crippen molar-refractivity contribution >= 4 is 10.1 Å². The first-order valence-electron chi connectivity index (χ1n) is 7.50. The summed E-state index contributed by atoms with van der Waals surface area (Å²) in [6.45, 7) is 1.91. The fraction of sp³-hybridized carbons (Fsp3) is 0.167. The van der Waals surface area contributed by atoms with Crippen LogP contribution in [-0.4, -0.2) is 20.0 Å². The monoisotopic (exact) mass is 343 g/mol. The lowest BCUT2D eigenvalue weighted by atomic mass is 10.2. The molecule has 0 N–H and O–H groups in total. The van der Waals surface area contributed by atoms with Crippen molar-refractivity contribution in [1.82, 2.24) is 4.98 Å². The first-order valence-corrected chi connectivity index (χ1v) is 8.91. The van der Waals surface area contributed by atoms with E-state index in [0.29, 0.717) is 18.0 Å². The van der Waals surface area contributed by atoms with E-state index in [1.165, 1.54) is 18.4 Å². The van der Waals surface area contributed by atoms with Gasteiger partial charge in [0.2, 0.25) is 5.89 Å². The third-order valence-electron chi connectivity index (χ3n) is 3.48. The van der Waals surface area contributed by atoms with Gasteiger partial charge in [0.15, 0.2) is 0 Å². The number of rotatable bonds is 6. The molecule has 0 bridgehead atoms. The normalized spacial score (nSPS) is 11.5. The van der Waals surface area contributed by atoms with Crippen molar-refractivity contribution in [1.29, 1.82) is 0 Å². The highest BCUT2D eigenvalue weighted by atomic mass is 32.2. The molecule has 1 heterocycles. The largest absolute Gasteiger partial charge is 0.444 e.